The molecule has 0 aliphatic rings. The second kappa shape index (κ2) is 6.38. The molecule has 2 aromatic rings. The molecule has 1 aromatic carbocycles. The van der Waals surface area contributed by atoms with Crippen molar-refractivity contribution in [1.29, 1.82) is 0 Å². The van der Waals surface area contributed by atoms with E-state index in [4.69, 9.17) is 16.3 Å². The number of anilines is 2. The van der Waals surface area contributed by atoms with E-state index in [1.54, 1.807) is 13.3 Å². The van der Waals surface area contributed by atoms with Crippen molar-refractivity contribution in [2.45, 2.75) is 6.42 Å². The number of nitrogens with zero attached hydrogens (tertiary/aromatic N) is 1. The third-order valence-corrected chi connectivity index (χ3v) is 2.81. The fourth-order valence-electron chi connectivity index (χ4n) is 1.66. The van der Waals surface area contributed by atoms with Crippen molar-refractivity contribution in [3.05, 3.63) is 53.2 Å². The molecule has 18 heavy (non-hydrogen) atoms. The summed E-state index contributed by atoms with van der Waals surface area (Å²) in [5, 5.41) is 3.92. The molecule has 1 N–H and O–H groups in total. The van der Waals surface area contributed by atoms with Crippen molar-refractivity contribution in [3.8, 4) is 0 Å². The van der Waals surface area contributed by atoms with Gasteiger partial charge in [0.1, 0.15) is 5.82 Å². The average molecular weight is 263 g/mol. The third-order valence-electron chi connectivity index (χ3n) is 2.58. The minimum atomic E-state index is 0.633. The molecule has 4 heteroatoms. The predicted molar refractivity (Wildman–Crippen MR) is 74.6 cm³/mol. The van der Waals surface area contributed by atoms with Crippen LogP contribution in [0.1, 0.15) is 5.56 Å². The number of methoxy groups -OCH3 is 1. The molecule has 0 fully saturated rings. The number of hydrogen-bond acceptors (Lipinski definition) is 3. The maximum Gasteiger partial charge on any atom is 0.130 e. The molecule has 0 saturated carbocycles. The van der Waals surface area contributed by atoms with Gasteiger partial charge in [-0.2, -0.15) is 0 Å². The summed E-state index contributed by atoms with van der Waals surface area (Å²) in [5.41, 5.74) is 2.25. The van der Waals surface area contributed by atoms with Gasteiger partial charge in [-0.25, -0.2) is 4.98 Å². The highest BCUT2D eigenvalue weighted by Crippen LogP contribution is 2.20. The van der Waals surface area contributed by atoms with Gasteiger partial charge in [0, 0.05) is 19.0 Å². The standard InChI is InChI=1S/C14H15ClN2O/c1-18-9-8-11-4-2-3-5-13(11)17-14-7-6-12(15)10-16-14/h2-7,10H,8-9H2,1H3,(H,16,17). The number of halogens is 1. The molecule has 0 aliphatic carbocycles. The number of ether oxygens (including phenoxy) is 1. The molecule has 0 bridgehead atoms. The summed E-state index contributed by atoms with van der Waals surface area (Å²) in [4.78, 5) is 4.22. The second-order valence-corrected chi connectivity index (χ2v) is 4.32. The number of pyridine rings is 1. The first-order valence-electron chi connectivity index (χ1n) is 5.75. The Kier molecular flexibility index (Phi) is 4.56. The minimum Gasteiger partial charge on any atom is -0.384 e. The molecule has 1 aromatic heterocycles. The topological polar surface area (TPSA) is 34.1 Å². The third kappa shape index (κ3) is 3.45. The molecule has 0 radical (unpaired) electrons. The highest BCUT2D eigenvalue weighted by Gasteiger charge is 2.02. The molecule has 1 heterocycles. The van der Waals surface area contributed by atoms with Crippen LogP contribution in [-0.4, -0.2) is 18.7 Å². The van der Waals surface area contributed by atoms with E-state index < -0.39 is 0 Å². The number of aromatic nitrogens is 1. The summed E-state index contributed by atoms with van der Waals surface area (Å²) in [5.74, 6) is 0.782. The van der Waals surface area contributed by atoms with Crippen LogP contribution in [0.25, 0.3) is 0 Å². The van der Waals surface area contributed by atoms with Crippen LogP contribution < -0.4 is 5.32 Å². The van der Waals surface area contributed by atoms with Crippen LogP contribution in [0.5, 0.6) is 0 Å². The van der Waals surface area contributed by atoms with Crippen molar-refractivity contribution in [1.82, 2.24) is 4.98 Å². The van der Waals surface area contributed by atoms with Gasteiger partial charge in [-0.3, -0.25) is 0 Å². The zero-order valence-corrected chi connectivity index (χ0v) is 10.9. The van der Waals surface area contributed by atoms with E-state index in [9.17, 15) is 0 Å². The summed E-state index contributed by atoms with van der Waals surface area (Å²) in [6, 6.07) is 11.8. The maximum atomic E-state index is 5.81. The molecule has 3 nitrogen and oxygen atoms in total. The smallest absolute Gasteiger partial charge is 0.130 e. The normalized spacial score (nSPS) is 10.3. The van der Waals surface area contributed by atoms with Crippen molar-refractivity contribution in [3.63, 3.8) is 0 Å². The van der Waals surface area contributed by atoms with E-state index >= 15 is 0 Å². The Balaban J connectivity index is 2.15. The van der Waals surface area contributed by atoms with Gasteiger partial charge in [-0.15, -0.1) is 0 Å². The van der Waals surface area contributed by atoms with E-state index in [2.05, 4.69) is 16.4 Å². The summed E-state index contributed by atoms with van der Waals surface area (Å²) in [7, 11) is 1.71. The molecule has 0 amide bonds. The fraction of sp³-hybridized carbons (Fsp3) is 0.214. The lowest BCUT2D eigenvalue weighted by molar-refractivity contribution is 0.202. The molecular formula is C14H15ClN2O. The highest BCUT2D eigenvalue weighted by atomic mass is 35.5. The number of benzene rings is 1. The number of rotatable bonds is 5. The van der Waals surface area contributed by atoms with Crippen molar-refractivity contribution < 1.29 is 4.74 Å². The van der Waals surface area contributed by atoms with Crippen LogP contribution in [-0.2, 0) is 11.2 Å². The molecular weight excluding hydrogens is 248 g/mol. The van der Waals surface area contributed by atoms with Crippen LogP contribution in [0.2, 0.25) is 5.02 Å². The lowest BCUT2D eigenvalue weighted by Gasteiger charge is -2.11. The largest absolute Gasteiger partial charge is 0.384 e. The monoisotopic (exact) mass is 262 g/mol. The average Bonchev–Trinajstić information content (AvgIpc) is 2.40. The van der Waals surface area contributed by atoms with Gasteiger partial charge in [0.05, 0.1) is 11.6 Å². The van der Waals surface area contributed by atoms with Crippen LogP contribution in [0, 0.1) is 0 Å². The van der Waals surface area contributed by atoms with E-state index in [1.165, 1.54) is 5.56 Å². The first-order chi connectivity index (χ1) is 8.79. The predicted octanol–water partition coefficient (Wildman–Crippen LogP) is 3.67. The highest BCUT2D eigenvalue weighted by molar-refractivity contribution is 6.30. The summed E-state index contributed by atoms with van der Waals surface area (Å²) < 4.78 is 5.11. The van der Waals surface area contributed by atoms with Crippen LogP contribution >= 0.6 is 11.6 Å². The van der Waals surface area contributed by atoms with Crippen LogP contribution in [0.4, 0.5) is 11.5 Å². The van der Waals surface area contributed by atoms with Gasteiger partial charge >= 0.3 is 0 Å². The van der Waals surface area contributed by atoms with E-state index in [0.29, 0.717) is 11.6 Å². The fourth-order valence-corrected chi connectivity index (χ4v) is 1.77. The SMILES string of the molecule is COCCc1ccccc1Nc1ccc(Cl)cn1. The Bertz CT molecular complexity index is 499. The van der Waals surface area contributed by atoms with Crippen LogP contribution in [0.3, 0.4) is 0 Å². The Hall–Kier alpha value is -1.58. The Morgan fingerprint density at radius 2 is 2.06 bits per heavy atom. The molecule has 0 spiro atoms. The van der Waals surface area contributed by atoms with Crippen molar-refractivity contribution in [2.24, 2.45) is 0 Å². The Morgan fingerprint density at radius 1 is 1.22 bits per heavy atom. The first kappa shape index (κ1) is 12.9. The quantitative estimate of drug-likeness (QED) is 0.893. The molecule has 0 unspecified atom stereocenters. The molecule has 94 valence electrons. The van der Waals surface area contributed by atoms with Gasteiger partial charge in [-0.1, -0.05) is 29.8 Å². The zero-order chi connectivity index (χ0) is 12.8. The lowest BCUT2D eigenvalue weighted by Crippen LogP contribution is -2.00. The number of para-hydroxylation sites is 1. The Labute approximate surface area is 112 Å². The summed E-state index contributed by atoms with van der Waals surface area (Å²) >= 11 is 5.81. The Morgan fingerprint density at radius 3 is 2.78 bits per heavy atom. The van der Waals surface area contributed by atoms with E-state index in [1.807, 2.05) is 30.3 Å². The number of hydrogen-bond donors (Lipinski definition) is 1. The molecule has 2 rings (SSSR count). The van der Waals surface area contributed by atoms with Crippen molar-refractivity contribution >= 4 is 23.1 Å². The van der Waals surface area contributed by atoms with Gasteiger partial charge in [0.15, 0.2) is 0 Å². The first-order valence-corrected chi connectivity index (χ1v) is 6.13. The lowest BCUT2D eigenvalue weighted by atomic mass is 10.1. The van der Waals surface area contributed by atoms with E-state index in [0.717, 1.165) is 17.9 Å². The summed E-state index contributed by atoms with van der Waals surface area (Å²) in [6.45, 7) is 0.701. The second-order valence-electron chi connectivity index (χ2n) is 3.89. The summed E-state index contributed by atoms with van der Waals surface area (Å²) in [6.07, 6.45) is 2.49. The van der Waals surface area contributed by atoms with Crippen molar-refractivity contribution in [2.75, 3.05) is 19.0 Å². The van der Waals surface area contributed by atoms with Crippen LogP contribution in [0.15, 0.2) is 42.6 Å². The van der Waals surface area contributed by atoms with Gasteiger partial charge in [0.2, 0.25) is 0 Å². The minimum absolute atomic E-state index is 0.633. The van der Waals surface area contributed by atoms with E-state index in [-0.39, 0.29) is 0 Å². The maximum absolute atomic E-state index is 5.81. The zero-order valence-electron chi connectivity index (χ0n) is 10.2. The van der Waals surface area contributed by atoms with Gasteiger partial charge < -0.3 is 10.1 Å². The molecule has 0 atom stereocenters. The molecule has 0 saturated heterocycles. The number of nitrogens with one attached hydrogen (secondary N) is 1. The van der Waals surface area contributed by atoms with Gasteiger partial charge in [0.25, 0.3) is 0 Å². The molecule has 0 aliphatic heterocycles. The van der Waals surface area contributed by atoms with Gasteiger partial charge in [-0.05, 0) is 30.2 Å².